The number of benzene rings is 1. The van der Waals surface area contributed by atoms with Crippen LogP contribution in [-0.2, 0) is 36.9 Å². The van der Waals surface area contributed by atoms with Gasteiger partial charge in [-0.25, -0.2) is 4.79 Å². The van der Waals surface area contributed by atoms with Crippen LogP contribution in [0, 0.1) is 5.92 Å². The van der Waals surface area contributed by atoms with Crippen LogP contribution in [0.2, 0.25) is 0 Å². The fourth-order valence-electron chi connectivity index (χ4n) is 3.85. The van der Waals surface area contributed by atoms with Crippen LogP contribution in [0.3, 0.4) is 0 Å². The molecule has 0 unspecified atom stereocenters. The van der Waals surface area contributed by atoms with Crippen molar-refractivity contribution in [1.82, 2.24) is 36.6 Å². The van der Waals surface area contributed by atoms with E-state index in [4.69, 9.17) is 5.11 Å². The molecule has 1 aliphatic heterocycles. The number of carboxylic acid groups (broad SMARTS) is 1. The minimum absolute atomic E-state index is 0.0214. The topological polar surface area (TPSA) is 199 Å². The number of carbonyl (C=O) groups excluding carboxylic acids is 4. The number of carboxylic acids is 1. The number of carbonyl (C=O) groups is 5. The first-order valence-corrected chi connectivity index (χ1v) is 11.6. The lowest BCUT2D eigenvalue weighted by atomic mass is 9.98. The van der Waals surface area contributed by atoms with Gasteiger partial charge in [0, 0.05) is 24.3 Å². The second kappa shape index (κ2) is 12.4. The molecule has 0 saturated carbocycles. The number of tetrazole rings is 1. The van der Waals surface area contributed by atoms with Crippen LogP contribution in [0.25, 0.3) is 0 Å². The van der Waals surface area contributed by atoms with E-state index in [1.165, 1.54) is 4.90 Å². The van der Waals surface area contributed by atoms with Crippen LogP contribution in [-0.4, -0.2) is 74.0 Å². The maximum absolute atomic E-state index is 13.2. The molecule has 0 saturated heterocycles. The van der Waals surface area contributed by atoms with Gasteiger partial charge in [-0.2, -0.15) is 5.21 Å². The monoisotopic (exact) mass is 512 g/mol. The Labute approximate surface area is 211 Å². The standard InChI is InChI=1S/C23H28N8O6/c1-3-13(2)21(26-18(32)8-9-20(34)35)23(37)25-12-19(33)31-15-7-5-4-6-14(15)10-16(31)22(36)24-11-17-27-29-30-28-17/h4-9,13,16,21H,3,10-12H2,1-2H3,(H,24,36)(H,25,37)(H,26,32)(H,34,35)(H,27,28,29,30)/t13-,16-,21-/m0/s1. The van der Waals surface area contributed by atoms with Gasteiger partial charge in [-0.15, -0.1) is 10.2 Å². The Morgan fingerprint density at radius 2 is 1.95 bits per heavy atom. The minimum atomic E-state index is -1.30. The van der Waals surface area contributed by atoms with Gasteiger partial charge in [0.2, 0.25) is 23.6 Å². The first-order valence-electron chi connectivity index (χ1n) is 11.6. The molecule has 2 aromatic rings. The number of para-hydroxylation sites is 1. The molecule has 4 amide bonds. The van der Waals surface area contributed by atoms with E-state index in [1.807, 2.05) is 13.0 Å². The van der Waals surface area contributed by atoms with Gasteiger partial charge < -0.3 is 21.1 Å². The lowest BCUT2D eigenvalue weighted by molar-refractivity contribution is -0.132. The number of aromatic amines is 1. The van der Waals surface area contributed by atoms with E-state index < -0.39 is 48.2 Å². The lowest BCUT2D eigenvalue weighted by Gasteiger charge is -2.26. The second-order valence-corrected chi connectivity index (χ2v) is 8.42. The van der Waals surface area contributed by atoms with Gasteiger partial charge >= 0.3 is 5.97 Å². The molecule has 14 heteroatoms. The Morgan fingerprint density at radius 3 is 2.62 bits per heavy atom. The summed E-state index contributed by atoms with van der Waals surface area (Å²) in [6.45, 7) is 3.17. The molecular formula is C23H28N8O6. The number of nitrogens with zero attached hydrogens (tertiary/aromatic N) is 4. The third kappa shape index (κ3) is 6.96. The van der Waals surface area contributed by atoms with Crippen molar-refractivity contribution < 1.29 is 29.1 Å². The molecule has 0 bridgehead atoms. The SMILES string of the molecule is CC[C@H](C)[C@H](NC(=O)C=CC(=O)O)C(=O)NCC(=O)N1c2ccccc2C[C@H]1C(=O)NCc1nn[nH]n1. The average molecular weight is 513 g/mol. The molecule has 14 nitrogen and oxygen atoms in total. The Balaban J connectivity index is 1.69. The van der Waals surface area contributed by atoms with Crippen molar-refractivity contribution in [1.29, 1.82) is 0 Å². The van der Waals surface area contributed by atoms with E-state index in [1.54, 1.807) is 25.1 Å². The Kier molecular flexibility index (Phi) is 9.02. The zero-order valence-corrected chi connectivity index (χ0v) is 20.3. The second-order valence-electron chi connectivity index (χ2n) is 8.42. The fourth-order valence-corrected chi connectivity index (χ4v) is 3.85. The number of hydrogen-bond donors (Lipinski definition) is 5. The van der Waals surface area contributed by atoms with Crippen molar-refractivity contribution in [3.8, 4) is 0 Å². The van der Waals surface area contributed by atoms with E-state index in [-0.39, 0.29) is 24.7 Å². The quantitative estimate of drug-likeness (QED) is 0.236. The first kappa shape index (κ1) is 27.0. The predicted molar refractivity (Wildman–Crippen MR) is 129 cm³/mol. The van der Waals surface area contributed by atoms with Gasteiger partial charge in [0.15, 0.2) is 5.82 Å². The summed E-state index contributed by atoms with van der Waals surface area (Å²) >= 11 is 0. The molecule has 3 atom stereocenters. The largest absolute Gasteiger partial charge is 0.478 e. The third-order valence-electron chi connectivity index (χ3n) is 5.94. The molecule has 0 radical (unpaired) electrons. The fraction of sp³-hybridized carbons (Fsp3) is 0.391. The van der Waals surface area contributed by atoms with E-state index in [9.17, 15) is 24.0 Å². The Morgan fingerprint density at radius 1 is 1.19 bits per heavy atom. The predicted octanol–water partition coefficient (Wildman–Crippen LogP) is -0.938. The van der Waals surface area contributed by atoms with Gasteiger partial charge in [0.25, 0.3) is 0 Å². The van der Waals surface area contributed by atoms with Crippen molar-refractivity contribution in [3.05, 3.63) is 47.8 Å². The summed E-state index contributed by atoms with van der Waals surface area (Å²) in [6.07, 6.45) is 2.31. The zero-order valence-electron chi connectivity index (χ0n) is 20.3. The molecule has 0 aliphatic carbocycles. The highest BCUT2D eigenvalue weighted by molar-refractivity contribution is 6.05. The molecule has 3 rings (SSSR count). The summed E-state index contributed by atoms with van der Waals surface area (Å²) < 4.78 is 0. The number of rotatable bonds is 11. The molecule has 1 aromatic carbocycles. The molecule has 1 aliphatic rings. The van der Waals surface area contributed by atoms with Crippen LogP contribution in [0.4, 0.5) is 5.69 Å². The van der Waals surface area contributed by atoms with Crippen molar-refractivity contribution in [2.45, 2.75) is 45.3 Å². The first-order chi connectivity index (χ1) is 17.7. The molecule has 5 N–H and O–H groups in total. The summed E-state index contributed by atoms with van der Waals surface area (Å²) in [5.74, 6) is -3.61. The number of amides is 4. The summed E-state index contributed by atoms with van der Waals surface area (Å²) in [5, 5.41) is 29.7. The van der Waals surface area contributed by atoms with Crippen LogP contribution < -0.4 is 20.9 Å². The molecule has 0 spiro atoms. The van der Waals surface area contributed by atoms with Gasteiger partial charge in [-0.1, -0.05) is 43.7 Å². The molecule has 37 heavy (non-hydrogen) atoms. The summed E-state index contributed by atoms with van der Waals surface area (Å²) in [4.78, 5) is 63.1. The van der Waals surface area contributed by atoms with Gasteiger partial charge in [0.05, 0.1) is 13.1 Å². The van der Waals surface area contributed by atoms with Crippen LogP contribution >= 0.6 is 0 Å². The number of nitrogens with one attached hydrogen (secondary N) is 4. The normalized spacial score (nSPS) is 16.1. The van der Waals surface area contributed by atoms with Crippen LogP contribution in [0.5, 0.6) is 0 Å². The number of aliphatic carboxylic acids is 1. The molecule has 2 heterocycles. The molecule has 1 aromatic heterocycles. The Hall–Kier alpha value is -4.62. The smallest absolute Gasteiger partial charge is 0.328 e. The number of anilines is 1. The van der Waals surface area contributed by atoms with Crippen molar-refractivity contribution in [2.24, 2.45) is 5.92 Å². The van der Waals surface area contributed by atoms with E-state index in [0.717, 1.165) is 11.6 Å². The molecule has 196 valence electrons. The Bertz CT molecular complexity index is 1180. The number of aromatic nitrogens is 4. The van der Waals surface area contributed by atoms with Gasteiger partial charge in [0.1, 0.15) is 12.1 Å². The van der Waals surface area contributed by atoms with Crippen LogP contribution in [0.15, 0.2) is 36.4 Å². The summed E-state index contributed by atoms with van der Waals surface area (Å²) in [6, 6.07) is 5.25. The van der Waals surface area contributed by atoms with Gasteiger partial charge in [-0.3, -0.25) is 24.1 Å². The van der Waals surface area contributed by atoms with Gasteiger partial charge in [-0.05, 0) is 17.5 Å². The average Bonchev–Trinajstić information content (AvgIpc) is 3.55. The maximum atomic E-state index is 13.2. The highest BCUT2D eigenvalue weighted by Gasteiger charge is 2.38. The van der Waals surface area contributed by atoms with Crippen molar-refractivity contribution in [3.63, 3.8) is 0 Å². The highest BCUT2D eigenvalue weighted by atomic mass is 16.4. The lowest BCUT2D eigenvalue weighted by Crippen LogP contribution is -2.54. The summed E-state index contributed by atoms with van der Waals surface area (Å²) in [7, 11) is 0. The minimum Gasteiger partial charge on any atom is -0.478 e. The summed E-state index contributed by atoms with van der Waals surface area (Å²) in [5.41, 5.74) is 1.36. The van der Waals surface area contributed by atoms with E-state index in [0.29, 0.717) is 18.2 Å². The molecule has 0 fully saturated rings. The van der Waals surface area contributed by atoms with Crippen LogP contribution in [0.1, 0.15) is 31.7 Å². The third-order valence-corrected chi connectivity index (χ3v) is 5.94. The van der Waals surface area contributed by atoms with E-state index in [2.05, 4.69) is 36.6 Å². The van der Waals surface area contributed by atoms with Crippen molar-refractivity contribution in [2.75, 3.05) is 11.4 Å². The molecular weight excluding hydrogens is 484 g/mol. The number of hydrogen-bond acceptors (Lipinski definition) is 8. The number of fused-ring (bicyclic) bond motifs is 1. The van der Waals surface area contributed by atoms with Crippen molar-refractivity contribution >= 4 is 35.3 Å². The van der Waals surface area contributed by atoms with E-state index >= 15 is 0 Å². The highest BCUT2D eigenvalue weighted by Crippen LogP contribution is 2.32. The maximum Gasteiger partial charge on any atom is 0.328 e. The number of H-pyrrole nitrogens is 1. The zero-order chi connectivity index (χ0) is 26.9.